The van der Waals surface area contributed by atoms with Crippen molar-refractivity contribution in [3.05, 3.63) is 35.4 Å². The topological polar surface area (TPSA) is 0 Å². The number of benzene rings is 1. The van der Waals surface area contributed by atoms with Crippen molar-refractivity contribution in [1.82, 2.24) is 0 Å². The van der Waals surface area contributed by atoms with Crippen LogP contribution in [0.4, 0.5) is 0 Å². The van der Waals surface area contributed by atoms with Crippen LogP contribution in [0.15, 0.2) is 24.3 Å². The Hall–Kier alpha value is -0.780. The molecule has 5 fully saturated rings. The van der Waals surface area contributed by atoms with Crippen LogP contribution in [0, 0.1) is 40.9 Å². The van der Waals surface area contributed by atoms with E-state index in [4.69, 9.17) is 0 Å². The van der Waals surface area contributed by atoms with Crippen LogP contribution in [-0.2, 0) is 6.42 Å². The fourth-order valence-electron chi connectivity index (χ4n) is 9.81. The van der Waals surface area contributed by atoms with Gasteiger partial charge in [0.25, 0.3) is 0 Å². The molecular weight excluding hydrogens is 312 g/mol. The van der Waals surface area contributed by atoms with Crippen molar-refractivity contribution in [1.29, 1.82) is 0 Å². The molecule has 5 aliphatic carbocycles. The van der Waals surface area contributed by atoms with Gasteiger partial charge in [0.2, 0.25) is 0 Å². The van der Waals surface area contributed by atoms with Gasteiger partial charge in [-0.25, -0.2) is 0 Å². The molecule has 1 aromatic carbocycles. The fraction of sp³-hybridized carbons (Fsp3) is 0.769. The lowest BCUT2D eigenvalue weighted by Crippen LogP contribution is -2.45. The van der Waals surface area contributed by atoms with Crippen LogP contribution in [0.25, 0.3) is 0 Å². The second kappa shape index (κ2) is 5.86. The second-order valence-electron chi connectivity index (χ2n) is 10.7. The lowest BCUT2D eigenvalue weighted by atomic mass is 9.52. The van der Waals surface area contributed by atoms with Crippen molar-refractivity contribution >= 4 is 0 Å². The second-order valence-corrected chi connectivity index (χ2v) is 10.7. The van der Waals surface area contributed by atoms with Crippen LogP contribution < -0.4 is 0 Å². The third-order valence-electron chi connectivity index (χ3n) is 10.2. The first-order valence-electron chi connectivity index (χ1n) is 11.9. The first kappa shape index (κ1) is 16.2. The van der Waals surface area contributed by atoms with Crippen LogP contribution in [0.5, 0.6) is 0 Å². The number of fused-ring (bicyclic) bond motifs is 2. The summed E-state index contributed by atoms with van der Waals surface area (Å²) < 4.78 is 0. The smallest absolute Gasteiger partial charge is 0.0154 e. The first-order valence-corrected chi connectivity index (χ1v) is 11.9. The molecule has 0 aliphatic heterocycles. The summed E-state index contributed by atoms with van der Waals surface area (Å²) in [5.41, 5.74) is 4.18. The molecule has 0 bridgehead atoms. The van der Waals surface area contributed by atoms with Gasteiger partial charge < -0.3 is 0 Å². The van der Waals surface area contributed by atoms with Gasteiger partial charge in [0.05, 0.1) is 0 Å². The van der Waals surface area contributed by atoms with E-state index in [0.717, 1.165) is 46.8 Å². The molecule has 0 nitrogen and oxygen atoms in total. The van der Waals surface area contributed by atoms with Gasteiger partial charge in [-0.1, -0.05) is 56.9 Å². The summed E-state index contributed by atoms with van der Waals surface area (Å²) >= 11 is 0. The zero-order valence-electron chi connectivity index (χ0n) is 16.6. The van der Waals surface area contributed by atoms with E-state index in [9.17, 15) is 0 Å². The zero-order chi connectivity index (χ0) is 17.3. The van der Waals surface area contributed by atoms with E-state index in [1.807, 2.05) is 0 Å². The molecular formula is C26H36. The molecule has 140 valence electrons. The molecule has 5 aliphatic rings. The molecule has 1 aromatic rings. The third kappa shape index (κ3) is 1.97. The molecule has 0 N–H and O–H groups in total. The highest BCUT2D eigenvalue weighted by Crippen LogP contribution is 2.76. The van der Waals surface area contributed by atoms with E-state index in [0.29, 0.717) is 0 Å². The summed E-state index contributed by atoms with van der Waals surface area (Å²) in [6.45, 7) is 2.35. The summed E-state index contributed by atoms with van der Waals surface area (Å²) in [4.78, 5) is 0. The summed E-state index contributed by atoms with van der Waals surface area (Å²) in [5.74, 6) is 7.50. The monoisotopic (exact) mass is 348 g/mol. The highest BCUT2D eigenvalue weighted by molar-refractivity contribution is 5.32. The fourth-order valence-corrected chi connectivity index (χ4v) is 9.81. The maximum absolute atomic E-state index is 2.49. The van der Waals surface area contributed by atoms with Crippen molar-refractivity contribution in [2.24, 2.45) is 40.9 Å². The van der Waals surface area contributed by atoms with E-state index in [1.54, 1.807) is 62.5 Å². The molecule has 5 saturated carbocycles. The molecule has 0 heteroatoms. The third-order valence-corrected chi connectivity index (χ3v) is 10.2. The molecule has 0 amide bonds. The highest BCUT2D eigenvalue weighted by atomic mass is 14.7. The van der Waals surface area contributed by atoms with Crippen molar-refractivity contribution < 1.29 is 0 Å². The Bertz CT molecular complexity index is 651. The molecule has 0 radical (unpaired) electrons. The predicted molar refractivity (Wildman–Crippen MR) is 108 cm³/mol. The van der Waals surface area contributed by atoms with Crippen LogP contribution >= 0.6 is 0 Å². The minimum Gasteiger partial charge on any atom is -0.0620 e. The lowest BCUT2D eigenvalue weighted by molar-refractivity contribution is -0.0227. The molecule has 0 heterocycles. The average molecular weight is 349 g/mol. The molecule has 6 rings (SSSR count). The molecule has 0 saturated heterocycles. The SMILES string of the molecule is CCc1ccccc1C1C[C@@H]2CC3CCCC3C23C2CCCC2C[C@@H]3C1. The minimum absolute atomic E-state index is 0.806. The van der Waals surface area contributed by atoms with E-state index in [-0.39, 0.29) is 0 Å². The van der Waals surface area contributed by atoms with E-state index in [2.05, 4.69) is 31.2 Å². The Morgan fingerprint density at radius 3 is 2.04 bits per heavy atom. The quantitative estimate of drug-likeness (QED) is 0.540. The Morgan fingerprint density at radius 2 is 1.42 bits per heavy atom. The standard InChI is InChI=1S/C26H36/c1-2-17-7-3-4-10-23(17)20-15-21-13-18-8-5-11-24(18)26(21)22(16-20)14-19-9-6-12-25(19)26/h3-4,7,10,18-22,24-25H,2,5-6,8-9,11-16H2,1H3/t18?,19?,20?,21-,22+,24?,25?,26?. The van der Waals surface area contributed by atoms with Crippen LogP contribution in [0.2, 0.25) is 0 Å². The summed E-state index contributed by atoms with van der Waals surface area (Å²) in [7, 11) is 0. The van der Waals surface area contributed by atoms with Crippen LogP contribution in [0.3, 0.4) is 0 Å². The average Bonchev–Trinajstić information content (AvgIpc) is 3.40. The molecule has 1 spiro atoms. The normalized spacial score (nSPS) is 48.9. The van der Waals surface area contributed by atoms with Gasteiger partial charge in [-0.15, -0.1) is 0 Å². The number of hydrogen-bond acceptors (Lipinski definition) is 0. The molecule has 26 heavy (non-hydrogen) atoms. The highest BCUT2D eigenvalue weighted by Gasteiger charge is 2.68. The van der Waals surface area contributed by atoms with Gasteiger partial charge in [-0.3, -0.25) is 0 Å². The summed E-state index contributed by atoms with van der Waals surface area (Å²) in [5, 5.41) is 0. The van der Waals surface area contributed by atoms with Gasteiger partial charge >= 0.3 is 0 Å². The Balaban J connectivity index is 1.40. The maximum atomic E-state index is 2.49. The van der Waals surface area contributed by atoms with Gasteiger partial charge in [-0.2, -0.15) is 0 Å². The number of hydrogen-bond donors (Lipinski definition) is 0. The van der Waals surface area contributed by atoms with E-state index in [1.165, 1.54) is 19.3 Å². The Morgan fingerprint density at radius 1 is 0.808 bits per heavy atom. The van der Waals surface area contributed by atoms with Crippen molar-refractivity contribution in [2.45, 2.75) is 83.5 Å². The first-order chi connectivity index (χ1) is 12.8. The van der Waals surface area contributed by atoms with Crippen LogP contribution in [-0.4, -0.2) is 0 Å². The number of rotatable bonds is 2. The van der Waals surface area contributed by atoms with E-state index >= 15 is 0 Å². The number of aryl methyl sites for hydroxylation is 1. The van der Waals surface area contributed by atoms with Crippen molar-refractivity contribution in [3.63, 3.8) is 0 Å². The zero-order valence-corrected chi connectivity index (χ0v) is 16.6. The summed E-state index contributed by atoms with van der Waals surface area (Å²) in [6, 6.07) is 9.46. The largest absolute Gasteiger partial charge is 0.0620 e. The summed E-state index contributed by atoms with van der Waals surface area (Å²) in [6.07, 6.45) is 16.9. The lowest BCUT2D eigenvalue weighted by Gasteiger charge is -2.52. The van der Waals surface area contributed by atoms with Gasteiger partial charge in [0.1, 0.15) is 0 Å². The van der Waals surface area contributed by atoms with Crippen LogP contribution in [0.1, 0.15) is 88.2 Å². The maximum Gasteiger partial charge on any atom is -0.0154 e. The predicted octanol–water partition coefficient (Wildman–Crippen LogP) is 6.99. The van der Waals surface area contributed by atoms with Crippen molar-refractivity contribution in [3.8, 4) is 0 Å². The van der Waals surface area contributed by atoms with Gasteiger partial charge in [0, 0.05) is 0 Å². The molecule has 6 unspecified atom stereocenters. The Labute approximate surface area is 160 Å². The van der Waals surface area contributed by atoms with Gasteiger partial charge in [0.15, 0.2) is 0 Å². The van der Waals surface area contributed by atoms with Gasteiger partial charge in [-0.05, 0) is 103 Å². The van der Waals surface area contributed by atoms with E-state index < -0.39 is 0 Å². The molecule has 8 atom stereocenters. The Kier molecular flexibility index (Phi) is 3.65. The molecule has 0 aromatic heterocycles. The van der Waals surface area contributed by atoms with Crippen molar-refractivity contribution in [2.75, 3.05) is 0 Å². The minimum atomic E-state index is 0.806.